The third-order valence-corrected chi connectivity index (χ3v) is 5.56. The summed E-state index contributed by atoms with van der Waals surface area (Å²) in [6, 6.07) is 9.63. The molecule has 4 aromatic rings. The molecule has 4 rings (SSSR count). The summed E-state index contributed by atoms with van der Waals surface area (Å²) in [5.41, 5.74) is 9.76. The average Bonchev–Trinajstić information content (AvgIpc) is 3.10. The molecule has 1 unspecified atom stereocenters. The SMILES string of the molecule is Cc1nn(-c2ccc(NC(=O)C(O)c3cc(Cl)cc(CCO)c3)cc2Cl)c2c(N)ncnc12. The summed E-state index contributed by atoms with van der Waals surface area (Å²) in [6.45, 7) is 1.73. The molecule has 0 spiro atoms. The number of carbonyl (C=O) groups is 1. The van der Waals surface area contributed by atoms with Crippen LogP contribution < -0.4 is 11.1 Å². The first-order valence-electron chi connectivity index (χ1n) is 9.93. The maximum atomic E-state index is 12.6. The van der Waals surface area contributed by atoms with Crippen LogP contribution in [0.4, 0.5) is 11.5 Å². The summed E-state index contributed by atoms with van der Waals surface area (Å²) in [4.78, 5) is 20.9. The van der Waals surface area contributed by atoms with Crippen molar-refractivity contribution >= 4 is 51.6 Å². The highest BCUT2D eigenvalue weighted by Crippen LogP contribution is 2.30. The van der Waals surface area contributed by atoms with Gasteiger partial charge in [0.05, 0.1) is 16.4 Å². The van der Waals surface area contributed by atoms with Crippen molar-refractivity contribution in [2.45, 2.75) is 19.4 Å². The van der Waals surface area contributed by atoms with Crippen LogP contribution in [0.3, 0.4) is 0 Å². The highest BCUT2D eigenvalue weighted by atomic mass is 35.5. The standard InChI is InChI=1S/C22H20Cl2N6O3/c1-11-18-19(21(25)27-10-26-18)30(29-11)17-3-2-15(9-16(17)24)28-22(33)20(32)13-6-12(4-5-31)7-14(23)8-13/h2-3,6-10,20,31-32H,4-5H2,1H3,(H,28,33)(H2,25,26,27). The Hall–Kier alpha value is -3.24. The fraction of sp³-hybridized carbons (Fsp3) is 0.182. The zero-order valence-corrected chi connectivity index (χ0v) is 19.0. The fourth-order valence-electron chi connectivity index (χ4n) is 3.51. The second kappa shape index (κ2) is 9.32. The number of aliphatic hydroxyl groups excluding tert-OH is 2. The fourth-order valence-corrected chi connectivity index (χ4v) is 4.04. The molecule has 5 N–H and O–H groups in total. The predicted molar refractivity (Wildman–Crippen MR) is 127 cm³/mol. The van der Waals surface area contributed by atoms with Crippen LogP contribution in [0.1, 0.15) is 22.9 Å². The van der Waals surface area contributed by atoms with Gasteiger partial charge >= 0.3 is 0 Å². The molecule has 1 amide bonds. The van der Waals surface area contributed by atoms with Crippen LogP contribution in [-0.4, -0.2) is 42.5 Å². The molecule has 0 saturated heterocycles. The Morgan fingerprint density at radius 3 is 2.73 bits per heavy atom. The molecule has 0 saturated carbocycles. The maximum Gasteiger partial charge on any atom is 0.257 e. The largest absolute Gasteiger partial charge is 0.396 e. The van der Waals surface area contributed by atoms with E-state index in [0.717, 1.165) is 0 Å². The smallest absolute Gasteiger partial charge is 0.257 e. The number of aliphatic hydroxyl groups is 2. The molecule has 11 heteroatoms. The topological polar surface area (TPSA) is 139 Å². The lowest BCUT2D eigenvalue weighted by atomic mass is 10.0. The number of aryl methyl sites for hydroxylation is 1. The van der Waals surface area contributed by atoms with Gasteiger partial charge in [-0.3, -0.25) is 4.79 Å². The van der Waals surface area contributed by atoms with Gasteiger partial charge in [0.15, 0.2) is 11.9 Å². The third kappa shape index (κ3) is 4.62. The monoisotopic (exact) mass is 486 g/mol. The lowest BCUT2D eigenvalue weighted by Crippen LogP contribution is -2.21. The molecule has 2 heterocycles. The second-order valence-electron chi connectivity index (χ2n) is 7.38. The van der Waals surface area contributed by atoms with Crippen LogP contribution in [0.15, 0.2) is 42.7 Å². The van der Waals surface area contributed by atoms with Crippen molar-refractivity contribution in [3.05, 3.63) is 69.6 Å². The Morgan fingerprint density at radius 1 is 1.21 bits per heavy atom. The van der Waals surface area contributed by atoms with Crippen molar-refractivity contribution in [2.24, 2.45) is 0 Å². The summed E-state index contributed by atoms with van der Waals surface area (Å²) >= 11 is 12.6. The van der Waals surface area contributed by atoms with E-state index in [1.54, 1.807) is 41.9 Å². The van der Waals surface area contributed by atoms with Gasteiger partial charge in [-0.1, -0.05) is 29.3 Å². The number of amides is 1. The molecular formula is C22H20Cl2N6O3. The zero-order chi connectivity index (χ0) is 23.7. The van der Waals surface area contributed by atoms with Crippen LogP contribution >= 0.6 is 23.2 Å². The number of hydrogen-bond acceptors (Lipinski definition) is 7. The number of hydrogen-bond donors (Lipinski definition) is 4. The molecule has 0 aliphatic carbocycles. The van der Waals surface area contributed by atoms with Crippen molar-refractivity contribution in [1.29, 1.82) is 0 Å². The minimum atomic E-state index is -1.46. The summed E-state index contributed by atoms with van der Waals surface area (Å²) in [7, 11) is 0. The van der Waals surface area contributed by atoms with Gasteiger partial charge in [0, 0.05) is 17.3 Å². The molecule has 0 aliphatic rings. The maximum absolute atomic E-state index is 12.6. The number of rotatable bonds is 6. The van der Waals surface area contributed by atoms with E-state index < -0.39 is 12.0 Å². The minimum Gasteiger partial charge on any atom is -0.396 e. The van der Waals surface area contributed by atoms with Gasteiger partial charge in [-0.2, -0.15) is 5.10 Å². The van der Waals surface area contributed by atoms with Crippen LogP contribution in [0, 0.1) is 6.92 Å². The predicted octanol–water partition coefficient (Wildman–Crippen LogP) is 3.22. The van der Waals surface area contributed by atoms with Crippen LogP contribution in [0.25, 0.3) is 16.7 Å². The molecule has 0 aliphatic heterocycles. The Kier molecular flexibility index (Phi) is 6.48. The summed E-state index contributed by atoms with van der Waals surface area (Å²) in [6.07, 6.45) is 0.264. The van der Waals surface area contributed by atoms with E-state index in [4.69, 9.17) is 34.0 Å². The number of benzene rings is 2. The van der Waals surface area contributed by atoms with Gasteiger partial charge in [-0.05, 0) is 54.8 Å². The van der Waals surface area contributed by atoms with Gasteiger partial charge in [-0.15, -0.1) is 0 Å². The zero-order valence-electron chi connectivity index (χ0n) is 17.5. The number of aromatic nitrogens is 4. The lowest BCUT2D eigenvalue weighted by Gasteiger charge is -2.14. The second-order valence-corrected chi connectivity index (χ2v) is 8.22. The average molecular weight is 487 g/mol. The van der Waals surface area contributed by atoms with Gasteiger partial charge < -0.3 is 21.3 Å². The molecule has 0 radical (unpaired) electrons. The van der Waals surface area contributed by atoms with Crippen molar-refractivity contribution in [3.63, 3.8) is 0 Å². The normalized spacial score (nSPS) is 12.2. The van der Waals surface area contributed by atoms with E-state index in [1.807, 2.05) is 0 Å². The first kappa shape index (κ1) is 22.9. The van der Waals surface area contributed by atoms with Gasteiger partial charge in [-0.25, -0.2) is 14.6 Å². The molecule has 2 aromatic carbocycles. The minimum absolute atomic E-state index is 0.0737. The summed E-state index contributed by atoms with van der Waals surface area (Å²) in [5.74, 6) is -0.395. The number of nitrogens with one attached hydrogen (secondary N) is 1. The Balaban J connectivity index is 1.59. The number of fused-ring (bicyclic) bond motifs is 1. The van der Waals surface area contributed by atoms with E-state index in [9.17, 15) is 9.90 Å². The Bertz CT molecular complexity index is 1360. The number of nitrogens with zero attached hydrogens (tertiary/aromatic N) is 4. The number of halogens is 2. The van der Waals surface area contributed by atoms with Crippen LogP contribution in [0.5, 0.6) is 0 Å². The van der Waals surface area contributed by atoms with E-state index >= 15 is 0 Å². The Morgan fingerprint density at radius 2 is 2.00 bits per heavy atom. The van der Waals surface area contributed by atoms with Gasteiger partial charge in [0.1, 0.15) is 17.4 Å². The van der Waals surface area contributed by atoms with Crippen LogP contribution in [-0.2, 0) is 11.2 Å². The van der Waals surface area contributed by atoms with Crippen molar-refractivity contribution < 1.29 is 15.0 Å². The summed E-state index contributed by atoms with van der Waals surface area (Å²) in [5, 5.41) is 27.4. The van der Waals surface area contributed by atoms with E-state index in [1.165, 1.54) is 12.4 Å². The first-order valence-corrected chi connectivity index (χ1v) is 10.7. The van der Waals surface area contributed by atoms with Crippen molar-refractivity contribution in [1.82, 2.24) is 19.7 Å². The molecule has 0 fully saturated rings. The molecule has 0 bridgehead atoms. The lowest BCUT2D eigenvalue weighted by molar-refractivity contribution is -0.124. The van der Waals surface area contributed by atoms with Crippen LogP contribution in [0.2, 0.25) is 10.0 Å². The molecule has 1 atom stereocenters. The number of nitrogens with two attached hydrogens (primary N) is 1. The summed E-state index contributed by atoms with van der Waals surface area (Å²) < 4.78 is 1.55. The van der Waals surface area contributed by atoms with E-state index in [-0.39, 0.29) is 12.4 Å². The first-order chi connectivity index (χ1) is 15.8. The highest BCUT2D eigenvalue weighted by Gasteiger charge is 2.20. The molecule has 2 aromatic heterocycles. The van der Waals surface area contributed by atoms with Gasteiger partial charge in [0.25, 0.3) is 5.91 Å². The molecule has 33 heavy (non-hydrogen) atoms. The van der Waals surface area contributed by atoms with Crippen molar-refractivity contribution in [3.8, 4) is 5.69 Å². The van der Waals surface area contributed by atoms with E-state index in [2.05, 4.69) is 20.4 Å². The number of carbonyl (C=O) groups excluding carboxylic acids is 1. The Labute approximate surface area is 198 Å². The molecular weight excluding hydrogens is 467 g/mol. The van der Waals surface area contributed by atoms with Crippen molar-refractivity contribution in [2.75, 3.05) is 17.7 Å². The highest BCUT2D eigenvalue weighted by molar-refractivity contribution is 6.33. The van der Waals surface area contributed by atoms with Gasteiger partial charge in [0.2, 0.25) is 0 Å². The number of anilines is 2. The molecule has 170 valence electrons. The quantitative estimate of drug-likeness (QED) is 0.328. The van der Waals surface area contributed by atoms with E-state index in [0.29, 0.717) is 55.7 Å². The number of nitrogen functional groups attached to an aromatic ring is 1. The third-order valence-electron chi connectivity index (χ3n) is 5.04. The molecule has 9 nitrogen and oxygen atoms in total.